The molecular formula is C22H27F3N4O5S. The third kappa shape index (κ3) is 5.37. The molecule has 1 aromatic carbocycles. The van der Waals surface area contributed by atoms with Crippen molar-refractivity contribution >= 4 is 21.8 Å². The van der Waals surface area contributed by atoms with Gasteiger partial charge in [0.25, 0.3) is 17.7 Å². The minimum Gasteiger partial charge on any atom is -0.362 e. The van der Waals surface area contributed by atoms with Crippen molar-refractivity contribution in [1.82, 2.24) is 20.3 Å². The van der Waals surface area contributed by atoms with Gasteiger partial charge in [-0.05, 0) is 18.2 Å². The predicted octanol–water partition coefficient (Wildman–Crippen LogP) is 0.636. The predicted molar refractivity (Wildman–Crippen MR) is 119 cm³/mol. The molecular weight excluding hydrogens is 489 g/mol. The van der Waals surface area contributed by atoms with Crippen LogP contribution in [-0.2, 0) is 19.6 Å². The summed E-state index contributed by atoms with van der Waals surface area (Å²) in [6.45, 7) is -0.182. The second-order valence-electron chi connectivity index (χ2n) is 8.86. The van der Waals surface area contributed by atoms with Crippen LogP contribution in [0.5, 0.6) is 0 Å². The summed E-state index contributed by atoms with van der Waals surface area (Å²) in [5, 5.41) is 5.47. The highest BCUT2D eigenvalue weighted by Gasteiger charge is 2.49. The molecule has 2 atom stereocenters. The van der Waals surface area contributed by atoms with Gasteiger partial charge in [0.1, 0.15) is 10.7 Å². The number of carbonyl (C=O) groups is 2. The van der Waals surface area contributed by atoms with E-state index < -0.39 is 63.0 Å². The molecule has 0 radical (unpaired) electrons. The first-order valence-corrected chi connectivity index (χ1v) is 12.8. The van der Waals surface area contributed by atoms with E-state index in [-0.39, 0.29) is 44.8 Å². The zero-order chi connectivity index (χ0) is 25.3. The third-order valence-corrected chi connectivity index (χ3v) is 7.93. The Hall–Kier alpha value is -2.48. The maximum absolute atomic E-state index is 14.7. The lowest BCUT2D eigenvalue weighted by Crippen LogP contribution is -2.63. The van der Waals surface area contributed by atoms with Crippen molar-refractivity contribution in [3.63, 3.8) is 0 Å². The van der Waals surface area contributed by atoms with Crippen LogP contribution in [0.4, 0.5) is 13.2 Å². The maximum Gasteiger partial charge on any atom is 0.256 e. The number of piperidine rings is 1. The number of sulfonamides is 1. The van der Waals surface area contributed by atoms with Gasteiger partial charge in [0.2, 0.25) is 10.0 Å². The van der Waals surface area contributed by atoms with Gasteiger partial charge in [-0.1, -0.05) is 12.2 Å². The van der Waals surface area contributed by atoms with Gasteiger partial charge in [-0.15, -0.1) is 0 Å². The SMILES string of the molecule is O=C1NCC2CN(CCC2(F)F)C(=O)C2(C/C=C/CNS(=O)(=O)c3cc1ccc3F)CNCCO2. The normalized spacial score (nSPS) is 30.4. The van der Waals surface area contributed by atoms with E-state index in [0.29, 0.717) is 6.54 Å². The van der Waals surface area contributed by atoms with E-state index >= 15 is 0 Å². The van der Waals surface area contributed by atoms with Crippen molar-refractivity contribution in [1.29, 1.82) is 0 Å². The summed E-state index contributed by atoms with van der Waals surface area (Å²) in [5.74, 6) is -6.83. The van der Waals surface area contributed by atoms with Crippen LogP contribution in [0.25, 0.3) is 0 Å². The van der Waals surface area contributed by atoms with Gasteiger partial charge < -0.3 is 20.3 Å². The highest BCUT2D eigenvalue weighted by atomic mass is 32.2. The van der Waals surface area contributed by atoms with Gasteiger partial charge in [0.05, 0.1) is 12.5 Å². The molecule has 35 heavy (non-hydrogen) atoms. The number of nitrogens with zero attached hydrogens (tertiary/aromatic N) is 1. The number of nitrogens with one attached hydrogen (secondary N) is 3. The summed E-state index contributed by atoms with van der Waals surface area (Å²) < 4.78 is 77.0. The van der Waals surface area contributed by atoms with Crippen LogP contribution in [0.1, 0.15) is 23.2 Å². The van der Waals surface area contributed by atoms with Crippen molar-refractivity contribution in [2.24, 2.45) is 5.92 Å². The number of fused-ring (bicyclic) bond motifs is 4. The standard InChI is InChI=1S/C22H27F3N4O5S/c23-17-4-3-15-11-18(17)35(32,33)28-7-2-1-5-21(14-26-8-10-34-21)20(31)29-9-6-22(24,25)16(13-29)12-27-19(15)30/h1-4,11,16,26,28H,5-10,12-14H2,(H,27,30)/b2-1+. The smallest absolute Gasteiger partial charge is 0.256 e. The molecule has 4 bridgehead atoms. The Morgan fingerprint density at radius 3 is 2.71 bits per heavy atom. The molecule has 3 heterocycles. The van der Waals surface area contributed by atoms with Gasteiger partial charge in [-0.2, -0.15) is 0 Å². The van der Waals surface area contributed by atoms with Crippen molar-refractivity contribution in [3.05, 3.63) is 41.7 Å². The average molecular weight is 517 g/mol. The first-order chi connectivity index (χ1) is 16.5. The van der Waals surface area contributed by atoms with Gasteiger partial charge in [-0.3, -0.25) is 9.59 Å². The molecule has 0 aliphatic carbocycles. The molecule has 1 spiro atoms. The lowest BCUT2D eigenvalue weighted by atomic mass is 9.89. The molecule has 2 amide bonds. The zero-order valence-electron chi connectivity index (χ0n) is 18.9. The first-order valence-electron chi connectivity index (χ1n) is 11.3. The average Bonchev–Trinajstić information content (AvgIpc) is 2.82. The van der Waals surface area contributed by atoms with E-state index in [1.54, 1.807) is 6.08 Å². The number of carbonyl (C=O) groups excluding carboxylic acids is 2. The molecule has 3 N–H and O–H groups in total. The second kappa shape index (κ2) is 9.88. The van der Waals surface area contributed by atoms with E-state index in [0.717, 1.165) is 18.2 Å². The number of rotatable bonds is 0. The molecule has 13 heteroatoms. The fourth-order valence-corrected chi connectivity index (χ4v) is 5.52. The van der Waals surface area contributed by atoms with Crippen LogP contribution in [0.15, 0.2) is 35.2 Å². The molecule has 0 saturated carbocycles. The van der Waals surface area contributed by atoms with Crippen molar-refractivity contribution in [2.45, 2.75) is 29.3 Å². The van der Waals surface area contributed by atoms with Crippen molar-refractivity contribution in [3.8, 4) is 0 Å². The summed E-state index contributed by atoms with van der Waals surface area (Å²) >= 11 is 0. The minimum atomic E-state index is -4.32. The summed E-state index contributed by atoms with van der Waals surface area (Å²) in [5.41, 5.74) is -1.53. The van der Waals surface area contributed by atoms with E-state index in [4.69, 9.17) is 4.74 Å². The fraction of sp³-hybridized carbons (Fsp3) is 0.545. The van der Waals surface area contributed by atoms with E-state index in [9.17, 15) is 31.2 Å². The Kier molecular flexibility index (Phi) is 7.23. The van der Waals surface area contributed by atoms with Gasteiger partial charge in [0, 0.05) is 57.7 Å². The van der Waals surface area contributed by atoms with Gasteiger partial charge in [0.15, 0.2) is 5.60 Å². The highest BCUT2D eigenvalue weighted by molar-refractivity contribution is 7.89. The van der Waals surface area contributed by atoms with E-state index in [1.807, 2.05) is 0 Å². The molecule has 4 rings (SSSR count). The summed E-state index contributed by atoms with van der Waals surface area (Å²) in [6, 6.07) is 2.77. The largest absolute Gasteiger partial charge is 0.362 e. The number of benzene rings is 1. The van der Waals surface area contributed by atoms with Crippen LogP contribution < -0.4 is 15.4 Å². The molecule has 2 unspecified atom stereocenters. The topological polar surface area (TPSA) is 117 Å². The van der Waals surface area contributed by atoms with Crippen LogP contribution >= 0.6 is 0 Å². The second-order valence-corrected chi connectivity index (χ2v) is 10.6. The number of morpholine rings is 1. The molecule has 2 fully saturated rings. The Morgan fingerprint density at radius 2 is 1.97 bits per heavy atom. The Labute approximate surface area is 201 Å². The molecule has 3 aliphatic rings. The lowest BCUT2D eigenvalue weighted by Gasteiger charge is -2.44. The lowest BCUT2D eigenvalue weighted by molar-refractivity contribution is -0.171. The van der Waals surface area contributed by atoms with Gasteiger partial charge in [-0.25, -0.2) is 26.3 Å². The van der Waals surface area contributed by atoms with Crippen LogP contribution in [0.3, 0.4) is 0 Å². The van der Waals surface area contributed by atoms with E-state index in [1.165, 1.54) is 11.0 Å². The molecule has 192 valence electrons. The third-order valence-electron chi connectivity index (χ3n) is 6.50. The van der Waals surface area contributed by atoms with E-state index in [2.05, 4.69) is 15.4 Å². The summed E-state index contributed by atoms with van der Waals surface area (Å²) in [6.07, 6.45) is 2.55. The van der Waals surface area contributed by atoms with Crippen LogP contribution in [0, 0.1) is 11.7 Å². The molecule has 0 aromatic heterocycles. The number of amides is 2. The summed E-state index contributed by atoms with van der Waals surface area (Å²) in [4.78, 5) is 26.7. The van der Waals surface area contributed by atoms with Crippen molar-refractivity contribution in [2.75, 3.05) is 45.9 Å². The van der Waals surface area contributed by atoms with Gasteiger partial charge >= 0.3 is 0 Å². The number of hydrogen-bond donors (Lipinski definition) is 3. The highest BCUT2D eigenvalue weighted by Crippen LogP contribution is 2.35. The van der Waals surface area contributed by atoms with Crippen LogP contribution in [0.2, 0.25) is 0 Å². The van der Waals surface area contributed by atoms with Crippen molar-refractivity contribution < 1.29 is 35.9 Å². The number of ether oxygens (including phenoxy) is 1. The van der Waals surface area contributed by atoms with Crippen LogP contribution in [-0.4, -0.2) is 82.5 Å². The molecule has 1 aromatic rings. The zero-order valence-corrected chi connectivity index (χ0v) is 19.7. The monoisotopic (exact) mass is 516 g/mol. The minimum absolute atomic E-state index is 0.0820. The Balaban J connectivity index is 1.69. The summed E-state index contributed by atoms with van der Waals surface area (Å²) in [7, 11) is -4.32. The molecule has 2 saturated heterocycles. The maximum atomic E-state index is 14.7. The quantitative estimate of drug-likeness (QED) is 0.436. The number of alkyl halides is 2. The molecule has 9 nitrogen and oxygen atoms in total. The molecule has 3 aliphatic heterocycles. The number of halogens is 3. The fourth-order valence-electron chi connectivity index (χ4n) is 4.44. The Morgan fingerprint density at radius 1 is 1.17 bits per heavy atom. The number of hydrogen-bond acceptors (Lipinski definition) is 6. The Bertz CT molecular complexity index is 1120. The first kappa shape index (κ1) is 25.6.